The van der Waals surface area contributed by atoms with Gasteiger partial charge in [-0.3, -0.25) is 14.9 Å². The van der Waals surface area contributed by atoms with Crippen molar-refractivity contribution in [1.29, 1.82) is 0 Å². The third-order valence-corrected chi connectivity index (χ3v) is 2.67. The van der Waals surface area contributed by atoms with E-state index in [0.717, 1.165) is 19.3 Å². The monoisotopic (exact) mass is 185 g/mol. The summed E-state index contributed by atoms with van der Waals surface area (Å²) in [6.45, 7) is 1.57. The first-order valence-corrected chi connectivity index (χ1v) is 4.77. The Kier molecular flexibility index (Phi) is 3.39. The molecule has 0 radical (unpaired) electrons. The predicted molar refractivity (Wildman–Crippen MR) is 48.0 cm³/mol. The highest BCUT2D eigenvalue weighted by molar-refractivity contribution is 5.81. The zero-order valence-corrected chi connectivity index (χ0v) is 7.86. The summed E-state index contributed by atoms with van der Waals surface area (Å²) in [5.41, 5.74) is 0. The highest BCUT2D eigenvalue weighted by Gasteiger charge is 2.27. The van der Waals surface area contributed by atoms with Crippen molar-refractivity contribution in [2.75, 3.05) is 0 Å². The largest absolute Gasteiger partial charge is 0.299 e. The second kappa shape index (κ2) is 4.35. The average Bonchev–Trinajstić information content (AvgIpc) is 2.08. The molecule has 0 aromatic rings. The summed E-state index contributed by atoms with van der Waals surface area (Å²) in [5, 5.41) is 10.4. The summed E-state index contributed by atoms with van der Waals surface area (Å²) in [4.78, 5) is 21.4. The molecule has 0 aromatic heterocycles. The van der Waals surface area contributed by atoms with Crippen LogP contribution < -0.4 is 0 Å². The van der Waals surface area contributed by atoms with Gasteiger partial charge in [0.1, 0.15) is 5.78 Å². The summed E-state index contributed by atoms with van der Waals surface area (Å²) in [5.74, 6) is 0.175. The minimum atomic E-state index is -0.577. The van der Waals surface area contributed by atoms with E-state index in [4.69, 9.17) is 0 Å². The Balaban J connectivity index is 2.42. The minimum Gasteiger partial charge on any atom is -0.299 e. The van der Waals surface area contributed by atoms with Gasteiger partial charge in [0, 0.05) is 30.6 Å². The fraction of sp³-hybridized carbons (Fsp3) is 0.889. The molecule has 4 nitrogen and oxygen atoms in total. The second-order valence-electron chi connectivity index (χ2n) is 3.78. The molecule has 13 heavy (non-hydrogen) atoms. The van der Waals surface area contributed by atoms with E-state index in [2.05, 4.69) is 0 Å². The lowest BCUT2D eigenvalue weighted by Gasteiger charge is -2.20. The smallest absolute Gasteiger partial charge is 0.211 e. The molecule has 2 atom stereocenters. The van der Waals surface area contributed by atoms with Crippen LogP contribution in [0.3, 0.4) is 0 Å². The van der Waals surface area contributed by atoms with Gasteiger partial charge in [0.05, 0.1) is 0 Å². The molecule has 4 heteroatoms. The highest BCUT2D eigenvalue weighted by atomic mass is 16.6. The predicted octanol–water partition coefficient (Wildman–Crippen LogP) is 1.80. The molecular weight excluding hydrogens is 170 g/mol. The van der Waals surface area contributed by atoms with E-state index in [9.17, 15) is 14.9 Å². The molecule has 0 saturated heterocycles. The first-order valence-electron chi connectivity index (χ1n) is 4.77. The summed E-state index contributed by atoms with van der Waals surface area (Å²) >= 11 is 0. The van der Waals surface area contributed by atoms with Gasteiger partial charge in [0.2, 0.25) is 6.04 Å². The lowest BCUT2D eigenvalue weighted by atomic mass is 9.84. The lowest BCUT2D eigenvalue weighted by Crippen LogP contribution is -2.26. The quantitative estimate of drug-likeness (QED) is 0.497. The highest BCUT2D eigenvalue weighted by Crippen LogP contribution is 2.24. The van der Waals surface area contributed by atoms with E-state index < -0.39 is 6.04 Å². The molecule has 1 fully saturated rings. The SMILES string of the molecule is C[C@@H](C[C@@H]1CCCCC1=O)[N+](=O)[O-]. The molecular formula is C9H15NO3. The van der Waals surface area contributed by atoms with E-state index in [1.54, 1.807) is 6.92 Å². The molecule has 0 N–H and O–H groups in total. The number of carbonyl (C=O) groups is 1. The van der Waals surface area contributed by atoms with Crippen LogP contribution in [0.2, 0.25) is 0 Å². The Morgan fingerprint density at radius 3 is 2.85 bits per heavy atom. The van der Waals surface area contributed by atoms with E-state index in [1.165, 1.54) is 0 Å². The van der Waals surface area contributed by atoms with Crippen molar-refractivity contribution in [2.24, 2.45) is 5.92 Å². The number of hydrogen-bond acceptors (Lipinski definition) is 3. The van der Waals surface area contributed by atoms with E-state index in [1.807, 2.05) is 0 Å². The van der Waals surface area contributed by atoms with Gasteiger partial charge in [-0.15, -0.1) is 0 Å². The molecule has 1 aliphatic rings. The summed E-state index contributed by atoms with van der Waals surface area (Å²) in [7, 11) is 0. The third kappa shape index (κ3) is 2.79. The normalized spacial score (nSPS) is 25.6. The number of nitro groups is 1. The number of hydrogen-bond donors (Lipinski definition) is 0. The van der Waals surface area contributed by atoms with Gasteiger partial charge in [-0.2, -0.15) is 0 Å². The molecule has 0 aliphatic heterocycles. The van der Waals surface area contributed by atoms with Crippen LogP contribution in [-0.4, -0.2) is 16.7 Å². The number of ketones is 1. The lowest BCUT2D eigenvalue weighted by molar-refractivity contribution is -0.519. The van der Waals surface area contributed by atoms with Crippen molar-refractivity contribution >= 4 is 5.78 Å². The molecule has 1 aliphatic carbocycles. The van der Waals surface area contributed by atoms with E-state index in [-0.39, 0.29) is 16.6 Å². The molecule has 0 heterocycles. The molecule has 0 bridgehead atoms. The van der Waals surface area contributed by atoms with Crippen molar-refractivity contribution in [3.05, 3.63) is 10.1 Å². The van der Waals surface area contributed by atoms with Gasteiger partial charge >= 0.3 is 0 Å². The standard InChI is InChI=1S/C9H15NO3/c1-7(10(12)13)6-8-4-2-3-5-9(8)11/h7-8H,2-6H2,1H3/t7-,8-/m0/s1. The first-order chi connectivity index (χ1) is 6.11. The molecule has 1 saturated carbocycles. The van der Waals surface area contributed by atoms with Gasteiger partial charge < -0.3 is 0 Å². The van der Waals surface area contributed by atoms with Crippen molar-refractivity contribution in [3.8, 4) is 0 Å². The average molecular weight is 185 g/mol. The van der Waals surface area contributed by atoms with Gasteiger partial charge in [0.25, 0.3) is 0 Å². The maximum absolute atomic E-state index is 11.3. The van der Waals surface area contributed by atoms with Crippen molar-refractivity contribution < 1.29 is 9.72 Å². The van der Waals surface area contributed by atoms with Crippen LogP contribution in [0.25, 0.3) is 0 Å². The number of carbonyl (C=O) groups excluding carboxylic acids is 1. The maximum Gasteiger partial charge on any atom is 0.211 e. The van der Waals surface area contributed by atoms with Crippen LogP contribution in [0.15, 0.2) is 0 Å². The fourth-order valence-corrected chi connectivity index (χ4v) is 1.80. The van der Waals surface area contributed by atoms with Crippen molar-refractivity contribution in [2.45, 2.75) is 45.1 Å². The van der Waals surface area contributed by atoms with E-state index >= 15 is 0 Å². The Bertz CT molecular complexity index is 215. The van der Waals surface area contributed by atoms with Crippen LogP contribution in [0.4, 0.5) is 0 Å². The molecule has 1 rings (SSSR count). The second-order valence-corrected chi connectivity index (χ2v) is 3.78. The molecule has 0 spiro atoms. The molecule has 0 unspecified atom stereocenters. The topological polar surface area (TPSA) is 60.2 Å². The number of Topliss-reactive ketones (excluding diaryl/α,β-unsaturated/α-hetero) is 1. The summed E-state index contributed by atoms with van der Waals surface area (Å²) < 4.78 is 0. The minimum absolute atomic E-state index is 0.0471. The van der Waals surface area contributed by atoms with Crippen molar-refractivity contribution in [1.82, 2.24) is 0 Å². The van der Waals surface area contributed by atoms with Crippen LogP contribution in [-0.2, 0) is 4.79 Å². The van der Waals surface area contributed by atoms with Gasteiger partial charge in [0.15, 0.2) is 0 Å². The van der Waals surface area contributed by atoms with Crippen LogP contribution in [0.5, 0.6) is 0 Å². The van der Waals surface area contributed by atoms with Crippen LogP contribution >= 0.6 is 0 Å². The van der Waals surface area contributed by atoms with Crippen molar-refractivity contribution in [3.63, 3.8) is 0 Å². The fourth-order valence-electron chi connectivity index (χ4n) is 1.80. The van der Waals surface area contributed by atoms with Gasteiger partial charge in [-0.05, 0) is 12.8 Å². The summed E-state index contributed by atoms with van der Waals surface area (Å²) in [6.07, 6.45) is 3.89. The van der Waals surface area contributed by atoms with Crippen LogP contribution in [0.1, 0.15) is 39.0 Å². The maximum atomic E-state index is 11.3. The first kappa shape index (κ1) is 10.2. The Morgan fingerprint density at radius 1 is 1.62 bits per heavy atom. The zero-order chi connectivity index (χ0) is 9.84. The number of nitrogens with zero attached hydrogens (tertiary/aromatic N) is 1. The Labute approximate surface area is 77.5 Å². The summed E-state index contributed by atoms with van der Waals surface area (Å²) in [6, 6.07) is -0.577. The third-order valence-electron chi connectivity index (χ3n) is 2.67. The Hall–Kier alpha value is -0.930. The zero-order valence-electron chi connectivity index (χ0n) is 7.86. The Morgan fingerprint density at radius 2 is 2.31 bits per heavy atom. The number of rotatable bonds is 3. The van der Waals surface area contributed by atoms with Crippen LogP contribution in [0, 0.1) is 16.0 Å². The molecule has 74 valence electrons. The van der Waals surface area contributed by atoms with Gasteiger partial charge in [-0.1, -0.05) is 6.42 Å². The van der Waals surface area contributed by atoms with E-state index in [0.29, 0.717) is 12.8 Å². The molecule has 0 amide bonds. The molecule has 0 aromatic carbocycles. The van der Waals surface area contributed by atoms with Gasteiger partial charge in [-0.25, -0.2) is 0 Å².